The first-order valence-corrected chi connectivity index (χ1v) is 18.6. The number of halogens is 2. The predicted molar refractivity (Wildman–Crippen MR) is 173 cm³/mol. The zero-order valence-corrected chi connectivity index (χ0v) is 29.5. The molecule has 2 aliphatic carbocycles. The Balaban J connectivity index is 0.00000169. The molecule has 0 N–H and O–H groups in total. The van der Waals surface area contributed by atoms with Gasteiger partial charge in [-0.2, -0.15) is 0 Å². The first kappa shape index (κ1) is 30.4. The molecular formula is C35H26Cl2S2SiZr. The molecule has 0 saturated carbocycles. The Kier molecular flexibility index (Phi) is 9.12. The summed E-state index contributed by atoms with van der Waals surface area (Å²) in [7, 11) is -0.484. The van der Waals surface area contributed by atoms with Gasteiger partial charge in [-0.25, -0.2) is 0 Å². The monoisotopic (exact) mass is 698 g/mol. The average Bonchev–Trinajstić information content (AvgIpc) is 3.65. The number of rotatable bonds is 4. The predicted octanol–water partition coefficient (Wildman–Crippen LogP) is 3.76. The fourth-order valence-corrected chi connectivity index (χ4v) is 10.7. The average molecular weight is 701 g/mol. The molecule has 0 atom stereocenters. The molecule has 5 aromatic rings. The summed E-state index contributed by atoms with van der Waals surface area (Å²) in [6.07, 6.45) is 7.35. The summed E-state index contributed by atoms with van der Waals surface area (Å²) >= 11 is 5.41. The van der Waals surface area contributed by atoms with E-state index in [2.05, 4.69) is 123 Å². The molecule has 0 spiro atoms. The Morgan fingerprint density at radius 1 is 0.732 bits per heavy atom. The van der Waals surface area contributed by atoms with E-state index < -0.39 is 8.41 Å². The molecule has 41 heavy (non-hydrogen) atoms. The Labute approximate surface area is 278 Å². The third-order valence-corrected chi connectivity index (χ3v) is 12.7. The molecule has 0 saturated heterocycles. The first-order chi connectivity index (χ1) is 19.0. The zero-order chi connectivity index (χ0) is 26.7. The number of benzene rings is 3. The van der Waals surface area contributed by atoms with Gasteiger partial charge in [0, 0.05) is 0 Å². The van der Waals surface area contributed by atoms with Gasteiger partial charge < -0.3 is 24.8 Å². The van der Waals surface area contributed by atoms with E-state index in [0.29, 0.717) is 0 Å². The van der Waals surface area contributed by atoms with Crippen LogP contribution in [0, 0.1) is 0 Å². The van der Waals surface area contributed by atoms with Crippen molar-refractivity contribution in [2.75, 3.05) is 0 Å². The molecule has 0 fully saturated rings. The van der Waals surface area contributed by atoms with Crippen LogP contribution in [-0.4, -0.2) is 17.3 Å². The third kappa shape index (κ3) is 5.33. The summed E-state index contributed by atoms with van der Waals surface area (Å²) in [6, 6.07) is 28.5. The van der Waals surface area contributed by atoms with Gasteiger partial charge in [0.05, 0.1) is 0 Å². The van der Waals surface area contributed by atoms with Crippen molar-refractivity contribution >= 4 is 67.8 Å². The maximum Gasteiger partial charge on any atom is -1.00 e. The molecule has 2 aliphatic rings. The normalized spacial score (nSPS) is 14.3. The van der Waals surface area contributed by atoms with Gasteiger partial charge in [-0.15, -0.1) is 0 Å². The number of thiophene rings is 2. The van der Waals surface area contributed by atoms with Gasteiger partial charge in [0.2, 0.25) is 0 Å². The molecular weight excluding hydrogens is 675 g/mol. The van der Waals surface area contributed by atoms with Crippen LogP contribution in [0.1, 0.15) is 32.7 Å². The van der Waals surface area contributed by atoms with Crippen molar-refractivity contribution in [3.63, 3.8) is 0 Å². The van der Waals surface area contributed by atoms with E-state index >= 15 is 0 Å². The SMILES string of the molecule is CC1=Cc2c(sc3cccc(-c4ccccc4)c23)C1=CC1=Cc2c(sc(C=[Si](C)C)c2-c2ccccc2)[C]1=[Zr+2].[Cl-].[Cl-]. The number of hydrogen-bond acceptors (Lipinski definition) is 2. The second-order valence-corrected chi connectivity index (χ2v) is 16.2. The largest absolute Gasteiger partial charge is 1.00 e. The summed E-state index contributed by atoms with van der Waals surface area (Å²) in [4.78, 5) is 4.33. The second-order valence-electron chi connectivity index (χ2n) is 10.4. The molecule has 7 rings (SSSR count). The Morgan fingerprint density at radius 2 is 1.41 bits per heavy atom. The van der Waals surface area contributed by atoms with Crippen LogP contribution in [0.25, 0.3) is 50.1 Å². The minimum atomic E-state index is -0.484. The molecule has 200 valence electrons. The summed E-state index contributed by atoms with van der Waals surface area (Å²) in [5.74, 6) is 0. The molecule has 3 aromatic carbocycles. The van der Waals surface area contributed by atoms with E-state index in [1.807, 2.05) is 22.7 Å². The Morgan fingerprint density at radius 3 is 2.10 bits per heavy atom. The molecule has 2 heterocycles. The quantitative estimate of drug-likeness (QED) is 0.251. The van der Waals surface area contributed by atoms with Gasteiger partial charge in [-0.05, 0) is 0 Å². The van der Waals surface area contributed by atoms with E-state index in [4.69, 9.17) is 0 Å². The molecule has 0 unspecified atom stereocenters. The van der Waals surface area contributed by atoms with Crippen molar-refractivity contribution in [2.24, 2.45) is 0 Å². The van der Waals surface area contributed by atoms with Crippen molar-refractivity contribution in [1.29, 1.82) is 0 Å². The zero-order valence-electron chi connectivity index (χ0n) is 22.9. The smallest absolute Gasteiger partial charge is 1.00 e. The summed E-state index contributed by atoms with van der Waals surface area (Å²) < 4.78 is 2.85. The van der Waals surface area contributed by atoms with Crippen molar-refractivity contribution in [3.8, 4) is 22.3 Å². The first-order valence-electron chi connectivity index (χ1n) is 13.2. The molecule has 0 bridgehead atoms. The van der Waals surface area contributed by atoms with E-state index in [1.165, 1.54) is 102 Å². The van der Waals surface area contributed by atoms with E-state index in [1.54, 1.807) is 0 Å². The van der Waals surface area contributed by atoms with Crippen LogP contribution in [-0.2, 0) is 24.2 Å². The number of fused-ring (bicyclic) bond motifs is 4. The van der Waals surface area contributed by atoms with Crippen LogP contribution in [0.3, 0.4) is 0 Å². The van der Waals surface area contributed by atoms with Gasteiger partial charge >= 0.3 is 256 Å². The molecule has 2 aromatic heterocycles. The van der Waals surface area contributed by atoms with Crippen LogP contribution in [0.5, 0.6) is 0 Å². The maximum atomic E-state index is 2.53. The standard InChI is InChI=1S/C35H26S2Si.2ClH.Zr/c1-22-17-29-34-26(24-11-6-4-7-12-24)15-10-16-30(34)37-35(29)27(22)18-23-19-28-31(20-23)36-32(21-38(2)3)33(28)25-13-8-5-9-14-25;;;/h4-19,21H,1-3H3;2*1H;/q;;;+2/p-2. The second kappa shape index (κ2) is 12.3. The molecule has 0 nitrogen and oxygen atoms in total. The van der Waals surface area contributed by atoms with Crippen molar-refractivity contribution < 1.29 is 49.0 Å². The molecule has 0 amide bonds. The van der Waals surface area contributed by atoms with Crippen LogP contribution >= 0.6 is 22.7 Å². The van der Waals surface area contributed by atoms with Crippen LogP contribution in [0.4, 0.5) is 0 Å². The summed E-state index contributed by atoms with van der Waals surface area (Å²) in [5, 5.41) is 1.39. The van der Waals surface area contributed by atoms with Crippen LogP contribution in [0.15, 0.2) is 96.1 Å². The minimum absolute atomic E-state index is 0. The number of allylic oxidation sites excluding steroid dienone is 4. The van der Waals surface area contributed by atoms with Gasteiger partial charge in [0.15, 0.2) is 0 Å². The van der Waals surface area contributed by atoms with E-state index in [0.717, 1.165) is 0 Å². The number of hydrogen-bond donors (Lipinski definition) is 0. The Bertz CT molecular complexity index is 1940. The van der Waals surface area contributed by atoms with Crippen LogP contribution in [0.2, 0.25) is 13.1 Å². The van der Waals surface area contributed by atoms with Crippen molar-refractivity contribution in [2.45, 2.75) is 20.0 Å². The molecule has 0 radical (unpaired) electrons. The van der Waals surface area contributed by atoms with Crippen LogP contribution < -0.4 is 24.8 Å². The Hall–Kier alpha value is -2.04. The van der Waals surface area contributed by atoms with Crippen molar-refractivity contribution in [1.82, 2.24) is 0 Å². The van der Waals surface area contributed by atoms with E-state index in [-0.39, 0.29) is 24.8 Å². The molecule has 6 heteroatoms. The fourth-order valence-electron chi connectivity index (χ4n) is 5.70. The maximum absolute atomic E-state index is 2.53. The summed E-state index contributed by atoms with van der Waals surface area (Å²) in [5.41, 5.74) is 14.8. The summed E-state index contributed by atoms with van der Waals surface area (Å²) in [6.45, 7) is 7.02. The van der Waals surface area contributed by atoms with Gasteiger partial charge in [0.1, 0.15) is 0 Å². The van der Waals surface area contributed by atoms with Crippen molar-refractivity contribution in [3.05, 3.63) is 122 Å². The fraction of sp³-hybridized carbons (Fsp3) is 0.0857. The van der Waals surface area contributed by atoms with Gasteiger partial charge in [0.25, 0.3) is 0 Å². The van der Waals surface area contributed by atoms with Gasteiger partial charge in [-0.3, -0.25) is 0 Å². The topological polar surface area (TPSA) is 0 Å². The third-order valence-electron chi connectivity index (χ3n) is 7.44. The van der Waals surface area contributed by atoms with E-state index in [9.17, 15) is 0 Å². The van der Waals surface area contributed by atoms with Gasteiger partial charge in [-0.1, -0.05) is 0 Å². The molecule has 0 aliphatic heterocycles. The minimum Gasteiger partial charge on any atom is -1.00 e.